The summed E-state index contributed by atoms with van der Waals surface area (Å²) >= 11 is 0. The van der Waals surface area contributed by atoms with E-state index >= 15 is 0 Å². The summed E-state index contributed by atoms with van der Waals surface area (Å²) in [5.41, 5.74) is 0.424. The van der Waals surface area contributed by atoms with Crippen LogP contribution in [-0.2, 0) is 4.79 Å². The van der Waals surface area contributed by atoms with Crippen molar-refractivity contribution in [1.29, 1.82) is 0 Å². The molecule has 86 valence electrons. The fourth-order valence-electron chi connectivity index (χ4n) is 2.36. The second-order valence-corrected chi connectivity index (χ2v) is 5.70. The molecule has 0 aromatic rings. The van der Waals surface area contributed by atoms with E-state index in [1.165, 1.54) is 12.8 Å². The molecule has 0 aromatic heterocycles. The van der Waals surface area contributed by atoms with E-state index in [-0.39, 0.29) is 5.92 Å². The molecule has 2 aliphatic rings. The van der Waals surface area contributed by atoms with Crippen molar-refractivity contribution in [3.63, 3.8) is 0 Å². The SMILES string of the molecule is CC1(C)CCCN(C(=O)C2CNC2)CC1. The molecular weight excluding hydrogens is 188 g/mol. The molecule has 2 heterocycles. The van der Waals surface area contributed by atoms with Crippen LogP contribution in [0.15, 0.2) is 0 Å². The Kier molecular flexibility index (Phi) is 3.01. The number of hydrogen-bond acceptors (Lipinski definition) is 2. The van der Waals surface area contributed by atoms with Gasteiger partial charge in [0, 0.05) is 26.2 Å². The molecule has 0 atom stereocenters. The Morgan fingerprint density at radius 1 is 1.27 bits per heavy atom. The summed E-state index contributed by atoms with van der Waals surface area (Å²) in [6.45, 7) is 8.33. The summed E-state index contributed by atoms with van der Waals surface area (Å²) < 4.78 is 0. The molecule has 3 heteroatoms. The van der Waals surface area contributed by atoms with Crippen molar-refractivity contribution < 1.29 is 4.79 Å². The van der Waals surface area contributed by atoms with Gasteiger partial charge in [-0.05, 0) is 24.7 Å². The highest BCUT2D eigenvalue weighted by molar-refractivity contribution is 5.80. The highest BCUT2D eigenvalue weighted by atomic mass is 16.2. The topological polar surface area (TPSA) is 32.3 Å². The Hall–Kier alpha value is -0.570. The lowest BCUT2D eigenvalue weighted by atomic mass is 9.85. The molecule has 2 saturated heterocycles. The molecule has 0 radical (unpaired) electrons. The molecule has 2 aliphatic heterocycles. The number of likely N-dealkylation sites (tertiary alicyclic amines) is 1. The first kappa shape index (κ1) is 10.9. The van der Waals surface area contributed by atoms with Gasteiger partial charge in [-0.1, -0.05) is 13.8 Å². The smallest absolute Gasteiger partial charge is 0.228 e. The molecule has 0 bridgehead atoms. The third-order valence-corrected chi connectivity index (χ3v) is 3.78. The van der Waals surface area contributed by atoms with Crippen molar-refractivity contribution in [2.45, 2.75) is 33.1 Å². The molecule has 2 fully saturated rings. The largest absolute Gasteiger partial charge is 0.342 e. The summed E-state index contributed by atoms with van der Waals surface area (Å²) in [6, 6.07) is 0. The minimum Gasteiger partial charge on any atom is -0.342 e. The van der Waals surface area contributed by atoms with Crippen molar-refractivity contribution in [2.75, 3.05) is 26.2 Å². The van der Waals surface area contributed by atoms with E-state index in [0.717, 1.165) is 32.6 Å². The van der Waals surface area contributed by atoms with Crippen LogP contribution < -0.4 is 5.32 Å². The Bertz CT molecular complexity index is 246. The van der Waals surface area contributed by atoms with Gasteiger partial charge in [0.25, 0.3) is 0 Å². The average molecular weight is 210 g/mol. The fraction of sp³-hybridized carbons (Fsp3) is 0.917. The maximum atomic E-state index is 12.0. The molecule has 0 spiro atoms. The standard InChI is InChI=1S/C12H22N2O/c1-12(2)4-3-6-14(7-5-12)11(15)10-8-13-9-10/h10,13H,3-9H2,1-2H3. The number of carbonyl (C=O) groups excluding carboxylic acids is 1. The third kappa shape index (κ3) is 2.51. The van der Waals surface area contributed by atoms with E-state index in [1.54, 1.807) is 0 Å². The van der Waals surface area contributed by atoms with Crippen molar-refractivity contribution in [3.05, 3.63) is 0 Å². The molecule has 3 nitrogen and oxygen atoms in total. The van der Waals surface area contributed by atoms with Gasteiger partial charge < -0.3 is 10.2 Å². The number of carbonyl (C=O) groups is 1. The van der Waals surface area contributed by atoms with Crippen LogP contribution in [0.4, 0.5) is 0 Å². The molecule has 15 heavy (non-hydrogen) atoms. The van der Waals surface area contributed by atoms with Crippen molar-refractivity contribution in [2.24, 2.45) is 11.3 Å². The van der Waals surface area contributed by atoms with Gasteiger partial charge in [0.05, 0.1) is 5.92 Å². The number of hydrogen-bond donors (Lipinski definition) is 1. The van der Waals surface area contributed by atoms with Crippen molar-refractivity contribution in [1.82, 2.24) is 10.2 Å². The number of rotatable bonds is 1. The maximum Gasteiger partial charge on any atom is 0.228 e. The van der Waals surface area contributed by atoms with Gasteiger partial charge in [-0.2, -0.15) is 0 Å². The van der Waals surface area contributed by atoms with Gasteiger partial charge >= 0.3 is 0 Å². The summed E-state index contributed by atoms with van der Waals surface area (Å²) in [5, 5.41) is 3.17. The zero-order chi connectivity index (χ0) is 10.9. The molecule has 0 aromatic carbocycles. The number of nitrogens with one attached hydrogen (secondary N) is 1. The van der Waals surface area contributed by atoms with Crippen molar-refractivity contribution in [3.8, 4) is 0 Å². The van der Waals surface area contributed by atoms with E-state index in [4.69, 9.17) is 0 Å². The van der Waals surface area contributed by atoms with Crippen LogP contribution in [-0.4, -0.2) is 37.0 Å². The van der Waals surface area contributed by atoms with Gasteiger partial charge in [-0.3, -0.25) is 4.79 Å². The highest BCUT2D eigenvalue weighted by Gasteiger charge is 2.31. The zero-order valence-corrected chi connectivity index (χ0v) is 9.88. The molecule has 1 N–H and O–H groups in total. The van der Waals surface area contributed by atoms with Crippen LogP contribution >= 0.6 is 0 Å². The van der Waals surface area contributed by atoms with E-state index < -0.39 is 0 Å². The molecular formula is C12H22N2O. The van der Waals surface area contributed by atoms with E-state index in [9.17, 15) is 4.79 Å². The van der Waals surface area contributed by atoms with Crippen molar-refractivity contribution >= 4 is 5.91 Å². The lowest BCUT2D eigenvalue weighted by Gasteiger charge is -2.32. The van der Waals surface area contributed by atoms with Gasteiger partial charge in [0.15, 0.2) is 0 Å². The lowest BCUT2D eigenvalue weighted by Crippen LogP contribution is -2.52. The van der Waals surface area contributed by atoms with Crippen LogP contribution in [0.25, 0.3) is 0 Å². The van der Waals surface area contributed by atoms with Crippen LogP contribution in [0.3, 0.4) is 0 Å². The second kappa shape index (κ2) is 4.12. The summed E-state index contributed by atoms with van der Waals surface area (Å²) in [4.78, 5) is 14.1. The quantitative estimate of drug-likeness (QED) is 0.706. The zero-order valence-electron chi connectivity index (χ0n) is 9.88. The minimum atomic E-state index is 0.270. The van der Waals surface area contributed by atoms with E-state index in [0.29, 0.717) is 11.3 Å². The Balaban J connectivity index is 1.90. The molecule has 0 saturated carbocycles. The van der Waals surface area contributed by atoms with Crippen LogP contribution in [0.5, 0.6) is 0 Å². The van der Waals surface area contributed by atoms with E-state index in [2.05, 4.69) is 24.1 Å². The first-order valence-electron chi connectivity index (χ1n) is 6.08. The molecule has 0 aliphatic carbocycles. The van der Waals surface area contributed by atoms with Crippen LogP contribution in [0, 0.1) is 11.3 Å². The normalized spacial score (nSPS) is 26.9. The summed E-state index contributed by atoms with van der Waals surface area (Å²) in [5.74, 6) is 0.651. The number of nitrogens with zero attached hydrogens (tertiary/aromatic N) is 1. The predicted molar refractivity (Wildman–Crippen MR) is 60.6 cm³/mol. The molecule has 2 rings (SSSR count). The highest BCUT2D eigenvalue weighted by Crippen LogP contribution is 2.30. The average Bonchev–Trinajstić information content (AvgIpc) is 2.23. The molecule has 0 unspecified atom stereocenters. The van der Waals surface area contributed by atoms with Gasteiger partial charge in [0.1, 0.15) is 0 Å². The van der Waals surface area contributed by atoms with Gasteiger partial charge in [-0.25, -0.2) is 0 Å². The first-order valence-corrected chi connectivity index (χ1v) is 6.08. The molecule has 1 amide bonds. The predicted octanol–water partition coefficient (Wildman–Crippen LogP) is 1.24. The monoisotopic (exact) mass is 210 g/mol. The maximum absolute atomic E-state index is 12.0. The Morgan fingerprint density at radius 3 is 2.60 bits per heavy atom. The Labute approximate surface area is 92.2 Å². The number of amides is 1. The fourth-order valence-corrected chi connectivity index (χ4v) is 2.36. The van der Waals surface area contributed by atoms with Crippen LogP contribution in [0.2, 0.25) is 0 Å². The van der Waals surface area contributed by atoms with E-state index in [1.807, 2.05) is 0 Å². The Morgan fingerprint density at radius 2 is 2.00 bits per heavy atom. The summed E-state index contributed by atoms with van der Waals surface area (Å²) in [6.07, 6.45) is 3.57. The third-order valence-electron chi connectivity index (χ3n) is 3.78. The van der Waals surface area contributed by atoms with Gasteiger partial charge in [0.2, 0.25) is 5.91 Å². The minimum absolute atomic E-state index is 0.270. The van der Waals surface area contributed by atoms with Gasteiger partial charge in [-0.15, -0.1) is 0 Å². The lowest BCUT2D eigenvalue weighted by molar-refractivity contribution is -0.137. The second-order valence-electron chi connectivity index (χ2n) is 5.70. The van der Waals surface area contributed by atoms with Crippen LogP contribution in [0.1, 0.15) is 33.1 Å². The summed E-state index contributed by atoms with van der Waals surface area (Å²) in [7, 11) is 0. The first-order chi connectivity index (χ1) is 7.08.